The lowest BCUT2D eigenvalue weighted by atomic mass is 10.3. The van der Waals surface area contributed by atoms with Gasteiger partial charge in [0.25, 0.3) is 5.91 Å². The fraction of sp³-hybridized carbons (Fsp3) is 0.100. The van der Waals surface area contributed by atoms with Gasteiger partial charge in [0.2, 0.25) is 0 Å². The van der Waals surface area contributed by atoms with E-state index in [0.29, 0.717) is 10.7 Å². The Morgan fingerprint density at radius 2 is 1.93 bits per heavy atom. The van der Waals surface area contributed by atoms with E-state index in [0.717, 1.165) is 0 Å². The van der Waals surface area contributed by atoms with E-state index < -0.39 is 0 Å². The van der Waals surface area contributed by atoms with Crippen LogP contribution in [0.4, 0.5) is 5.69 Å². The van der Waals surface area contributed by atoms with Crippen LogP contribution in [0.15, 0.2) is 35.4 Å². The molecule has 0 aliphatic carbocycles. The fourth-order valence-electron chi connectivity index (χ4n) is 0.855. The molecule has 0 radical (unpaired) electrons. The molecule has 0 aliphatic heterocycles. The summed E-state index contributed by atoms with van der Waals surface area (Å²) in [5.74, 6) is -0.323. The van der Waals surface area contributed by atoms with Crippen molar-refractivity contribution >= 4 is 34.8 Å². The van der Waals surface area contributed by atoms with Crippen molar-refractivity contribution in [1.82, 2.24) is 0 Å². The Bertz CT molecular complexity index is 357. The van der Waals surface area contributed by atoms with Crippen molar-refractivity contribution in [2.45, 2.75) is 6.92 Å². The molecule has 1 aromatic carbocycles. The van der Waals surface area contributed by atoms with Gasteiger partial charge in [-0.3, -0.25) is 4.79 Å². The molecule has 1 N–H and O–H groups in total. The largest absolute Gasteiger partial charge is 0.321 e. The molecule has 1 amide bonds. The molecule has 0 atom stereocenters. The SMILES string of the molecule is C/C=C(\Cl)C(=O)Nc1ccc(Cl)cc1. The topological polar surface area (TPSA) is 29.1 Å². The average Bonchev–Trinajstić information content (AvgIpc) is 2.20. The number of carbonyl (C=O) groups is 1. The van der Waals surface area contributed by atoms with Crippen LogP contribution >= 0.6 is 23.2 Å². The first kappa shape index (κ1) is 11.1. The number of rotatable bonds is 2. The van der Waals surface area contributed by atoms with Crippen LogP contribution in [0.5, 0.6) is 0 Å². The molecule has 1 rings (SSSR count). The minimum atomic E-state index is -0.323. The predicted octanol–water partition coefficient (Wildman–Crippen LogP) is 3.42. The maximum absolute atomic E-state index is 11.3. The maximum atomic E-state index is 11.3. The van der Waals surface area contributed by atoms with Gasteiger partial charge in [-0.2, -0.15) is 0 Å². The van der Waals surface area contributed by atoms with E-state index in [1.54, 1.807) is 31.2 Å². The Hall–Kier alpha value is -0.990. The third-order valence-corrected chi connectivity index (χ3v) is 2.21. The third-order valence-electron chi connectivity index (χ3n) is 1.57. The third kappa shape index (κ3) is 3.05. The number of carbonyl (C=O) groups excluding carboxylic acids is 1. The first-order chi connectivity index (χ1) is 6.63. The number of allylic oxidation sites excluding steroid dienone is 1. The zero-order chi connectivity index (χ0) is 10.6. The number of hydrogen-bond acceptors (Lipinski definition) is 1. The number of halogens is 2. The highest BCUT2D eigenvalue weighted by Crippen LogP contribution is 2.14. The predicted molar refractivity (Wildman–Crippen MR) is 59.7 cm³/mol. The summed E-state index contributed by atoms with van der Waals surface area (Å²) in [6.07, 6.45) is 1.53. The molecule has 1 aromatic rings. The molecule has 14 heavy (non-hydrogen) atoms. The minimum Gasteiger partial charge on any atom is -0.321 e. The van der Waals surface area contributed by atoms with Gasteiger partial charge < -0.3 is 5.32 Å². The van der Waals surface area contributed by atoms with Crippen molar-refractivity contribution < 1.29 is 4.79 Å². The van der Waals surface area contributed by atoms with E-state index in [9.17, 15) is 4.79 Å². The van der Waals surface area contributed by atoms with Crippen LogP contribution < -0.4 is 5.32 Å². The van der Waals surface area contributed by atoms with Crippen LogP contribution in [0.1, 0.15) is 6.92 Å². The average molecular weight is 230 g/mol. The molecule has 0 saturated heterocycles. The molecule has 2 nitrogen and oxygen atoms in total. The number of benzene rings is 1. The fourth-order valence-corrected chi connectivity index (χ4v) is 1.03. The molecule has 0 aromatic heterocycles. The smallest absolute Gasteiger partial charge is 0.266 e. The molecule has 74 valence electrons. The van der Waals surface area contributed by atoms with Gasteiger partial charge in [0.1, 0.15) is 5.03 Å². The van der Waals surface area contributed by atoms with Gasteiger partial charge in [-0.25, -0.2) is 0 Å². The summed E-state index contributed by atoms with van der Waals surface area (Å²) in [4.78, 5) is 11.3. The van der Waals surface area contributed by atoms with E-state index >= 15 is 0 Å². The number of hydrogen-bond donors (Lipinski definition) is 1. The van der Waals surface area contributed by atoms with Gasteiger partial charge in [-0.05, 0) is 31.2 Å². The summed E-state index contributed by atoms with van der Waals surface area (Å²) >= 11 is 11.3. The molecule has 0 bridgehead atoms. The molecule has 0 aliphatic rings. The van der Waals surface area contributed by atoms with E-state index in [1.807, 2.05) is 0 Å². The number of nitrogens with one attached hydrogen (secondary N) is 1. The van der Waals surface area contributed by atoms with Crippen molar-refractivity contribution in [3.63, 3.8) is 0 Å². The van der Waals surface area contributed by atoms with E-state index in [-0.39, 0.29) is 10.9 Å². The highest BCUT2D eigenvalue weighted by atomic mass is 35.5. The Morgan fingerprint density at radius 3 is 2.43 bits per heavy atom. The summed E-state index contributed by atoms with van der Waals surface area (Å²) in [5.41, 5.74) is 0.666. The highest BCUT2D eigenvalue weighted by Gasteiger charge is 2.04. The molecular weight excluding hydrogens is 221 g/mol. The Labute approximate surface area is 92.5 Å². The second kappa shape index (κ2) is 5.03. The monoisotopic (exact) mass is 229 g/mol. The standard InChI is InChI=1S/C10H9Cl2NO/c1-2-9(12)10(14)13-8-5-3-7(11)4-6-8/h2-6H,1H3,(H,13,14)/b9-2-. The van der Waals surface area contributed by atoms with E-state index in [4.69, 9.17) is 23.2 Å². The minimum absolute atomic E-state index is 0.167. The van der Waals surface area contributed by atoms with Crippen LogP contribution in [-0.4, -0.2) is 5.91 Å². The van der Waals surface area contributed by atoms with Gasteiger partial charge in [-0.1, -0.05) is 29.3 Å². The molecule has 4 heteroatoms. The summed E-state index contributed by atoms with van der Waals surface area (Å²) in [7, 11) is 0. The zero-order valence-electron chi connectivity index (χ0n) is 7.55. The van der Waals surface area contributed by atoms with Gasteiger partial charge in [0, 0.05) is 10.7 Å². The summed E-state index contributed by atoms with van der Waals surface area (Å²) in [5, 5.41) is 3.41. The van der Waals surface area contributed by atoms with Gasteiger partial charge in [0.15, 0.2) is 0 Å². The molecule has 0 spiro atoms. The lowest BCUT2D eigenvalue weighted by Gasteiger charge is -2.03. The van der Waals surface area contributed by atoms with Crippen LogP contribution in [0.3, 0.4) is 0 Å². The maximum Gasteiger partial charge on any atom is 0.266 e. The number of amides is 1. The van der Waals surface area contributed by atoms with Crippen LogP contribution in [0.25, 0.3) is 0 Å². The second-order valence-electron chi connectivity index (χ2n) is 2.60. The highest BCUT2D eigenvalue weighted by molar-refractivity contribution is 6.43. The van der Waals surface area contributed by atoms with Gasteiger partial charge >= 0.3 is 0 Å². The van der Waals surface area contributed by atoms with Crippen molar-refractivity contribution in [3.05, 3.63) is 40.4 Å². The molecule has 0 fully saturated rings. The van der Waals surface area contributed by atoms with Crippen molar-refractivity contribution in [2.75, 3.05) is 5.32 Å². The first-order valence-corrected chi connectivity index (χ1v) is 4.78. The summed E-state index contributed by atoms with van der Waals surface area (Å²) < 4.78 is 0. The zero-order valence-corrected chi connectivity index (χ0v) is 9.06. The summed E-state index contributed by atoms with van der Waals surface area (Å²) in [6.45, 7) is 1.70. The van der Waals surface area contributed by atoms with Crippen LogP contribution in [-0.2, 0) is 4.79 Å². The summed E-state index contributed by atoms with van der Waals surface area (Å²) in [6, 6.07) is 6.81. The van der Waals surface area contributed by atoms with Crippen molar-refractivity contribution in [1.29, 1.82) is 0 Å². The molecule has 0 heterocycles. The van der Waals surface area contributed by atoms with E-state index in [1.165, 1.54) is 6.08 Å². The normalized spacial score (nSPS) is 11.2. The Balaban J connectivity index is 2.70. The van der Waals surface area contributed by atoms with Crippen molar-refractivity contribution in [3.8, 4) is 0 Å². The van der Waals surface area contributed by atoms with Crippen LogP contribution in [0, 0.1) is 0 Å². The Morgan fingerprint density at radius 1 is 1.36 bits per heavy atom. The molecule has 0 unspecified atom stereocenters. The quantitative estimate of drug-likeness (QED) is 0.775. The van der Waals surface area contributed by atoms with E-state index in [2.05, 4.69) is 5.32 Å². The number of anilines is 1. The second-order valence-corrected chi connectivity index (χ2v) is 3.44. The molecular formula is C10H9Cl2NO. The van der Waals surface area contributed by atoms with Gasteiger partial charge in [-0.15, -0.1) is 0 Å². The van der Waals surface area contributed by atoms with Crippen LogP contribution in [0.2, 0.25) is 5.02 Å². The Kier molecular flexibility index (Phi) is 3.98. The first-order valence-electron chi connectivity index (χ1n) is 4.02. The molecule has 0 saturated carbocycles. The lowest BCUT2D eigenvalue weighted by molar-refractivity contribution is -0.112. The lowest BCUT2D eigenvalue weighted by Crippen LogP contribution is -2.10. The van der Waals surface area contributed by atoms with Gasteiger partial charge in [0.05, 0.1) is 0 Å². The van der Waals surface area contributed by atoms with Crippen molar-refractivity contribution in [2.24, 2.45) is 0 Å².